The number of carbonyl (C=O) groups excluding carboxylic acids is 3. The van der Waals surface area contributed by atoms with E-state index in [1.54, 1.807) is 23.1 Å². The summed E-state index contributed by atoms with van der Waals surface area (Å²) in [6.45, 7) is 6.14. The van der Waals surface area contributed by atoms with Gasteiger partial charge in [0.2, 0.25) is 5.91 Å². The number of amides is 1. The molecule has 2 aliphatic heterocycles. The van der Waals surface area contributed by atoms with Gasteiger partial charge in [-0.15, -0.1) is 0 Å². The quantitative estimate of drug-likeness (QED) is 0.625. The van der Waals surface area contributed by atoms with Crippen molar-refractivity contribution in [2.24, 2.45) is 0 Å². The number of hydrogen-bond acceptors (Lipinski definition) is 5. The van der Waals surface area contributed by atoms with Crippen LogP contribution < -0.4 is 4.74 Å². The van der Waals surface area contributed by atoms with Crippen molar-refractivity contribution in [3.63, 3.8) is 0 Å². The van der Waals surface area contributed by atoms with Gasteiger partial charge in [0.15, 0.2) is 11.9 Å². The maximum absolute atomic E-state index is 12.3. The van der Waals surface area contributed by atoms with E-state index in [0.717, 1.165) is 6.42 Å². The van der Waals surface area contributed by atoms with E-state index in [9.17, 15) is 14.4 Å². The second-order valence-electron chi connectivity index (χ2n) is 6.80. The first kappa shape index (κ1) is 16.5. The van der Waals surface area contributed by atoms with Crippen LogP contribution in [-0.4, -0.2) is 41.3 Å². The number of fused-ring (bicyclic) bond motifs is 1. The largest absolute Gasteiger partial charge is 0.484 e. The third-order valence-corrected chi connectivity index (χ3v) is 4.73. The van der Waals surface area contributed by atoms with E-state index in [-0.39, 0.29) is 11.7 Å². The Kier molecular flexibility index (Phi) is 4.07. The van der Waals surface area contributed by atoms with E-state index in [2.05, 4.69) is 0 Å². The zero-order valence-electron chi connectivity index (χ0n) is 14.1. The summed E-state index contributed by atoms with van der Waals surface area (Å²) in [4.78, 5) is 36.9. The molecule has 0 radical (unpaired) electrons. The average Bonchev–Trinajstić information content (AvgIpc) is 2.93. The summed E-state index contributed by atoms with van der Waals surface area (Å²) in [6.07, 6.45) is 0.603. The summed E-state index contributed by atoms with van der Waals surface area (Å²) >= 11 is 0. The number of nitrogens with zero attached hydrogens (tertiary/aromatic N) is 1. The highest BCUT2D eigenvalue weighted by molar-refractivity contribution is 5.94. The molecule has 6 heteroatoms. The normalized spacial score (nSPS) is 25.0. The highest BCUT2D eigenvalue weighted by Crippen LogP contribution is 2.45. The molecule has 1 amide bonds. The van der Waals surface area contributed by atoms with Crippen molar-refractivity contribution < 1.29 is 23.9 Å². The third-order valence-electron chi connectivity index (χ3n) is 4.73. The second-order valence-corrected chi connectivity index (χ2v) is 6.80. The highest BCUT2D eigenvalue weighted by atomic mass is 16.6. The van der Waals surface area contributed by atoms with Crippen molar-refractivity contribution in [2.45, 2.75) is 51.4 Å². The van der Waals surface area contributed by atoms with E-state index in [1.807, 2.05) is 13.8 Å². The number of hydrogen-bond donors (Lipinski definition) is 0. The fourth-order valence-corrected chi connectivity index (χ4v) is 3.57. The van der Waals surface area contributed by atoms with Crippen LogP contribution in [0.1, 0.15) is 55.6 Å². The molecular formula is C18H21NO5. The maximum Gasteiger partial charge on any atom is 0.293 e. The van der Waals surface area contributed by atoms with Crippen molar-refractivity contribution in [3.05, 3.63) is 29.3 Å². The zero-order valence-corrected chi connectivity index (χ0v) is 14.1. The molecule has 1 saturated heterocycles. The lowest BCUT2D eigenvalue weighted by molar-refractivity contribution is -0.161. The SMILES string of the molecule is CC(=O)c1ccc2c(c1)[C@@H](N1CCCC1=O)[C@H](OC=O)C(C)(C)O2. The second kappa shape index (κ2) is 5.92. The van der Waals surface area contributed by atoms with E-state index < -0.39 is 17.7 Å². The molecule has 0 spiro atoms. The monoisotopic (exact) mass is 331 g/mol. The summed E-state index contributed by atoms with van der Waals surface area (Å²) in [6, 6.07) is 4.74. The lowest BCUT2D eigenvalue weighted by Crippen LogP contribution is -2.55. The molecule has 128 valence electrons. The smallest absolute Gasteiger partial charge is 0.293 e. The Hall–Kier alpha value is -2.37. The standard InChI is InChI=1S/C18H21NO5/c1-11(21)12-6-7-14-13(9-12)16(19-8-4-5-15(19)22)17(23-10-20)18(2,3)24-14/h6-7,9-10,16-17H,4-5,8H2,1-3H3/t16-,17+/m1/s1. The average molecular weight is 331 g/mol. The number of likely N-dealkylation sites (tertiary alicyclic amines) is 1. The van der Waals surface area contributed by atoms with Gasteiger partial charge in [-0.2, -0.15) is 0 Å². The van der Waals surface area contributed by atoms with Crippen molar-refractivity contribution >= 4 is 18.2 Å². The molecule has 6 nitrogen and oxygen atoms in total. The van der Waals surface area contributed by atoms with Crippen LogP contribution in [0.2, 0.25) is 0 Å². The minimum absolute atomic E-state index is 0.0244. The van der Waals surface area contributed by atoms with Gasteiger partial charge in [0.05, 0.1) is 0 Å². The summed E-state index contributed by atoms with van der Waals surface area (Å²) in [5, 5.41) is 0. The Bertz CT molecular complexity index is 697. The van der Waals surface area contributed by atoms with Gasteiger partial charge in [0.1, 0.15) is 17.4 Å². The number of rotatable bonds is 4. The molecule has 24 heavy (non-hydrogen) atoms. The lowest BCUT2D eigenvalue weighted by Gasteiger charge is -2.46. The zero-order chi connectivity index (χ0) is 17.5. The van der Waals surface area contributed by atoms with Gasteiger partial charge in [-0.1, -0.05) is 0 Å². The Morgan fingerprint density at radius 1 is 1.42 bits per heavy atom. The number of Topliss-reactive ketones (excluding diaryl/α,β-unsaturated/α-hetero) is 1. The molecule has 2 aliphatic rings. The molecule has 0 saturated carbocycles. The van der Waals surface area contributed by atoms with Crippen LogP contribution in [0.4, 0.5) is 0 Å². The molecule has 0 aliphatic carbocycles. The van der Waals surface area contributed by atoms with E-state index >= 15 is 0 Å². The van der Waals surface area contributed by atoms with Gasteiger partial charge >= 0.3 is 0 Å². The highest BCUT2D eigenvalue weighted by Gasteiger charge is 2.50. The van der Waals surface area contributed by atoms with Crippen LogP contribution in [0, 0.1) is 0 Å². The lowest BCUT2D eigenvalue weighted by atomic mass is 9.84. The third kappa shape index (κ3) is 2.66. The van der Waals surface area contributed by atoms with E-state index in [1.165, 1.54) is 6.92 Å². The number of ketones is 1. The minimum atomic E-state index is -0.792. The maximum atomic E-state index is 12.3. The molecule has 1 aromatic carbocycles. The van der Waals surface area contributed by atoms with Crippen molar-refractivity contribution in [1.29, 1.82) is 0 Å². The van der Waals surface area contributed by atoms with Crippen LogP contribution in [0.5, 0.6) is 5.75 Å². The Balaban J connectivity index is 2.15. The van der Waals surface area contributed by atoms with Gasteiger partial charge in [-0.3, -0.25) is 14.4 Å². The first-order valence-electron chi connectivity index (χ1n) is 8.07. The Morgan fingerprint density at radius 2 is 2.17 bits per heavy atom. The molecule has 2 atom stereocenters. The van der Waals surface area contributed by atoms with Crippen LogP contribution in [0.25, 0.3) is 0 Å². The molecule has 0 N–H and O–H groups in total. The van der Waals surface area contributed by atoms with Gasteiger partial charge < -0.3 is 14.4 Å². The summed E-state index contributed by atoms with van der Waals surface area (Å²) in [7, 11) is 0. The fraction of sp³-hybridized carbons (Fsp3) is 0.500. The predicted octanol–water partition coefficient (Wildman–Crippen LogP) is 2.27. The topological polar surface area (TPSA) is 72.9 Å². The fourth-order valence-electron chi connectivity index (χ4n) is 3.57. The van der Waals surface area contributed by atoms with Crippen molar-refractivity contribution in [2.75, 3.05) is 6.54 Å². The van der Waals surface area contributed by atoms with Crippen LogP contribution in [0.3, 0.4) is 0 Å². The van der Waals surface area contributed by atoms with Gasteiger partial charge in [-0.25, -0.2) is 0 Å². The minimum Gasteiger partial charge on any atom is -0.484 e. The van der Waals surface area contributed by atoms with Crippen molar-refractivity contribution in [1.82, 2.24) is 4.90 Å². The summed E-state index contributed by atoms with van der Waals surface area (Å²) in [5.41, 5.74) is 0.460. The first-order valence-corrected chi connectivity index (χ1v) is 8.07. The molecule has 0 unspecified atom stereocenters. The van der Waals surface area contributed by atoms with Crippen LogP contribution in [-0.2, 0) is 14.3 Å². The molecule has 2 heterocycles. The Morgan fingerprint density at radius 3 is 2.75 bits per heavy atom. The number of benzene rings is 1. The number of carbonyl (C=O) groups is 3. The predicted molar refractivity (Wildman–Crippen MR) is 85.8 cm³/mol. The van der Waals surface area contributed by atoms with Gasteiger partial charge in [0, 0.05) is 24.1 Å². The summed E-state index contributed by atoms with van der Waals surface area (Å²) in [5.74, 6) is 0.568. The molecular weight excluding hydrogens is 310 g/mol. The van der Waals surface area contributed by atoms with Crippen molar-refractivity contribution in [3.8, 4) is 5.75 Å². The summed E-state index contributed by atoms with van der Waals surface area (Å²) < 4.78 is 11.4. The van der Waals surface area contributed by atoms with Gasteiger partial charge in [0.25, 0.3) is 6.47 Å². The van der Waals surface area contributed by atoms with Crippen LogP contribution in [0.15, 0.2) is 18.2 Å². The molecule has 1 aromatic rings. The molecule has 3 rings (SSSR count). The van der Waals surface area contributed by atoms with Crippen LogP contribution >= 0.6 is 0 Å². The number of ether oxygens (including phenoxy) is 2. The molecule has 0 aromatic heterocycles. The van der Waals surface area contributed by atoms with E-state index in [4.69, 9.17) is 9.47 Å². The molecule has 1 fully saturated rings. The first-order chi connectivity index (χ1) is 11.3. The van der Waals surface area contributed by atoms with E-state index in [0.29, 0.717) is 36.3 Å². The van der Waals surface area contributed by atoms with Gasteiger partial charge in [-0.05, 0) is 45.4 Å². The Labute approximate surface area is 140 Å². The molecule has 0 bridgehead atoms.